The summed E-state index contributed by atoms with van der Waals surface area (Å²) in [4.78, 5) is 13.4. The van der Waals surface area contributed by atoms with Crippen LogP contribution < -0.4 is 5.73 Å². The van der Waals surface area contributed by atoms with Crippen molar-refractivity contribution in [2.24, 2.45) is 11.7 Å². The molecule has 1 saturated heterocycles. The number of hydrogen-bond donors (Lipinski definition) is 1. The van der Waals surface area contributed by atoms with E-state index in [1.54, 1.807) is 4.68 Å². The number of aromatic nitrogens is 3. The Kier molecular flexibility index (Phi) is 6.33. The first kappa shape index (κ1) is 20.3. The summed E-state index contributed by atoms with van der Waals surface area (Å²) in [6, 6.07) is 5.27. The van der Waals surface area contributed by atoms with Gasteiger partial charge in [0, 0.05) is 25.2 Å². The van der Waals surface area contributed by atoms with E-state index in [9.17, 15) is 18.0 Å². The van der Waals surface area contributed by atoms with Gasteiger partial charge in [0.15, 0.2) is 0 Å². The smallest absolute Gasteiger partial charge is 0.369 e. The number of carbonyl (C=O) groups excluding carboxylic acids is 1. The average molecular weight is 395 g/mol. The number of alkyl halides is 3. The fourth-order valence-electron chi connectivity index (χ4n) is 3.43. The van der Waals surface area contributed by atoms with E-state index in [4.69, 9.17) is 5.73 Å². The van der Waals surface area contributed by atoms with Crippen molar-refractivity contribution in [2.75, 3.05) is 13.1 Å². The van der Waals surface area contributed by atoms with E-state index in [-0.39, 0.29) is 11.8 Å². The summed E-state index contributed by atoms with van der Waals surface area (Å²) >= 11 is 0. The summed E-state index contributed by atoms with van der Waals surface area (Å²) in [6.45, 7) is 2.96. The second-order valence-corrected chi connectivity index (χ2v) is 7.22. The fraction of sp³-hybridized carbons (Fsp3) is 0.526. The lowest BCUT2D eigenvalue weighted by Gasteiger charge is -2.29. The molecule has 2 aromatic rings. The van der Waals surface area contributed by atoms with Gasteiger partial charge in [-0.1, -0.05) is 17.3 Å². The Balaban J connectivity index is 1.42. The highest BCUT2D eigenvalue weighted by Crippen LogP contribution is 2.29. The predicted molar refractivity (Wildman–Crippen MR) is 97.0 cm³/mol. The van der Waals surface area contributed by atoms with Crippen molar-refractivity contribution in [3.63, 3.8) is 0 Å². The largest absolute Gasteiger partial charge is 0.416 e. The molecule has 28 heavy (non-hydrogen) atoms. The summed E-state index contributed by atoms with van der Waals surface area (Å²) in [7, 11) is 0. The van der Waals surface area contributed by atoms with Crippen LogP contribution in [0.15, 0.2) is 30.5 Å². The van der Waals surface area contributed by atoms with E-state index in [1.807, 2.05) is 6.20 Å². The predicted octanol–water partition coefficient (Wildman–Crippen LogP) is 2.63. The molecule has 0 aliphatic carbocycles. The van der Waals surface area contributed by atoms with Crippen LogP contribution in [0.2, 0.25) is 0 Å². The quantitative estimate of drug-likeness (QED) is 0.782. The highest BCUT2D eigenvalue weighted by molar-refractivity contribution is 5.76. The molecule has 1 aliphatic heterocycles. The number of aryl methyl sites for hydroxylation is 2. The molecule has 0 spiro atoms. The van der Waals surface area contributed by atoms with Crippen molar-refractivity contribution in [1.29, 1.82) is 0 Å². The molecule has 1 fully saturated rings. The van der Waals surface area contributed by atoms with Crippen LogP contribution >= 0.6 is 0 Å². The Hall–Kier alpha value is -2.42. The van der Waals surface area contributed by atoms with Crippen LogP contribution in [0.4, 0.5) is 13.2 Å². The second-order valence-electron chi connectivity index (χ2n) is 7.22. The lowest BCUT2D eigenvalue weighted by Crippen LogP contribution is -2.38. The van der Waals surface area contributed by atoms with Crippen molar-refractivity contribution in [3.8, 4) is 0 Å². The van der Waals surface area contributed by atoms with Gasteiger partial charge in [0.25, 0.3) is 0 Å². The molecule has 3 rings (SSSR count). The third kappa shape index (κ3) is 5.54. The van der Waals surface area contributed by atoms with E-state index < -0.39 is 11.7 Å². The van der Waals surface area contributed by atoms with Crippen molar-refractivity contribution < 1.29 is 18.0 Å². The van der Waals surface area contributed by atoms with Crippen molar-refractivity contribution in [2.45, 2.75) is 44.9 Å². The van der Waals surface area contributed by atoms with Crippen molar-refractivity contribution in [1.82, 2.24) is 19.9 Å². The monoisotopic (exact) mass is 395 g/mol. The lowest BCUT2D eigenvalue weighted by molar-refractivity contribution is -0.137. The first-order valence-electron chi connectivity index (χ1n) is 9.38. The molecule has 9 heteroatoms. The Labute approximate surface area is 161 Å². The number of halogens is 3. The van der Waals surface area contributed by atoms with Gasteiger partial charge in [-0.25, -0.2) is 0 Å². The number of benzene rings is 1. The van der Waals surface area contributed by atoms with Gasteiger partial charge in [-0.05, 0) is 56.5 Å². The van der Waals surface area contributed by atoms with Crippen LogP contribution in [0.5, 0.6) is 0 Å². The highest BCUT2D eigenvalue weighted by Gasteiger charge is 2.29. The maximum atomic E-state index is 12.6. The van der Waals surface area contributed by atoms with E-state index in [2.05, 4.69) is 15.2 Å². The summed E-state index contributed by atoms with van der Waals surface area (Å²) in [5.41, 5.74) is 6.46. The summed E-state index contributed by atoms with van der Waals surface area (Å²) in [5, 5.41) is 8.30. The molecular formula is C19H24F3N5O. The summed E-state index contributed by atoms with van der Waals surface area (Å²) < 4.78 is 39.5. The minimum Gasteiger partial charge on any atom is -0.369 e. The number of rotatable bonds is 7. The minimum atomic E-state index is -4.30. The Bertz CT molecular complexity index is 780. The summed E-state index contributed by atoms with van der Waals surface area (Å²) in [5.74, 6) is -0.254. The third-order valence-electron chi connectivity index (χ3n) is 5.10. The van der Waals surface area contributed by atoms with E-state index in [1.165, 1.54) is 12.1 Å². The van der Waals surface area contributed by atoms with Gasteiger partial charge >= 0.3 is 6.18 Å². The number of likely N-dealkylation sites (tertiary alicyclic amines) is 1. The maximum Gasteiger partial charge on any atom is 0.416 e. The maximum absolute atomic E-state index is 12.6. The number of amides is 1. The molecule has 152 valence electrons. The molecule has 2 heterocycles. The molecule has 0 unspecified atom stereocenters. The van der Waals surface area contributed by atoms with Gasteiger partial charge in [-0.3, -0.25) is 14.4 Å². The van der Waals surface area contributed by atoms with Gasteiger partial charge in [-0.15, -0.1) is 5.10 Å². The van der Waals surface area contributed by atoms with Crippen molar-refractivity contribution in [3.05, 3.63) is 47.3 Å². The topological polar surface area (TPSA) is 77.0 Å². The van der Waals surface area contributed by atoms with Crippen LogP contribution in [0.3, 0.4) is 0 Å². The zero-order chi connectivity index (χ0) is 20.1. The van der Waals surface area contributed by atoms with Gasteiger partial charge in [0.1, 0.15) is 0 Å². The van der Waals surface area contributed by atoms with Crippen molar-refractivity contribution >= 4 is 5.91 Å². The minimum absolute atomic E-state index is 0.0304. The van der Waals surface area contributed by atoms with Crippen LogP contribution in [-0.4, -0.2) is 38.9 Å². The van der Waals surface area contributed by atoms with Gasteiger partial charge in [-0.2, -0.15) is 13.2 Å². The number of hydrogen-bond acceptors (Lipinski definition) is 4. The van der Waals surface area contributed by atoms with Gasteiger partial charge in [0.05, 0.1) is 11.3 Å². The molecule has 1 aromatic heterocycles. The molecule has 0 bridgehead atoms. The number of carbonyl (C=O) groups is 1. The standard InChI is InChI=1S/C19H24F3N5O/c20-19(21,22)16-5-3-14(4-6-16)2-1-9-27-13-17(24-25-27)12-26-10-7-15(8-11-26)18(23)28/h3-6,13,15H,1-2,7-12H2,(H2,23,28). The molecule has 1 aromatic carbocycles. The normalized spacial score (nSPS) is 16.4. The molecule has 0 radical (unpaired) electrons. The molecule has 0 atom stereocenters. The fourth-order valence-corrected chi connectivity index (χ4v) is 3.43. The highest BCUT2D eigenvalue weighted by atomic mass is 19.4. The number of nitrogens with zero attached hydrogens (tertiary/aromatic N) is 4. The van der Waals surface area contributed by atoms with Gasteiger partial charge < -0.3 is 5.73 Å². The molecule has 0 saturated carbocycles. The zero-order valence-electron chi connectivity index (χ0n) is 15.5. The van der Waals surface area contributed by atoms with Crippen LogP contribution in [-0.2, 0) is 30.5 Å². The molecule has 1 aliphatic rings. The van der Waals surface area contributed by atoms with Crippen LogP contribution in [0.25, 0.3) is 0 Å². The average Bonchev–Trinajstić information content (AvgIpc) is 3.09. The first-order chi connectivity index (χ1) is 13.3. The third-order valence-corrected chi connectivity index (χ3v) is 5.10. The molecule has 6 nitrogen and oxygen atoms in total. The first-order valence-corrected chi connectivity index (χ1v) is 9.38. The van der Waals surface area contributed by atoms with Gasteiger partial charge in [0.2, 0.25) is 5.91 Å². The van der Waals surface area contributed by atoms with E-state index in [0.717, 1.165) is 55.7 Å². The van der Waals surface area contributed by atoms with E-state index in [0.29, 0.717) is 19.5 Å². The number of piperidine rings is 1. The number of primary amides is 1. The molecule has 1 amide bonds. The van der Waals surface area contributed by atoms with Crippen LogP contribution in [0.1, 0.15) is 36.1 Å². The Morgan fingerprint density at radius 2 is 1.86 bits per heavy atom. The summed E-state index contributed by atoms with van der Waals surface area (Å²) in [6.07, 6.45) is 0.580. The number of nitrogens with two attached hydrogens (primary N) is 1. The van der Waals surface area contributed by atoms with E-state index >= 15 is 0 Å². The molecule has 2 N–H and O–H groups in total. The Morgan fingerprint density at radius 3 is 2.46 bits per heavy atom. The molecular weight excluding hydrogens is 371 g/mol. The second kappa shape index (κ2) is 8.72. The van der Waals surface area contributed by atoms with Crippen LogP contribution in [0, 0.1) is 5.92 Å². The Morgan fingerprint density at radius 1 is 1.18 bits per heavy atom. The lowest BCUT2D eigenvalue weighted by atomic mass is 9.96. The SMILES string of the molecule is NC(=O)C1CCN(Cc2cn(CCCc3ccc(C(F)(F)F)cc3)nn2)CC1. The zero-order valence-corrected chi connectivity index (χ0v) is 15.5.